The summed E-state index contributed by atoms with van der Waals surface area (Å²) in [5.74, 6) is 0. The van der Waals surface area contributed by atoms with Crippen LogP contribution in [-0.4, -0.2) is 24.9 Å². The minimum Gasteiger partial charge on any atom is -0.258 e. The molecule has 0 fully saturated rings. The van der Waals surface area contributed by atoms with E-state index in [9.17, 15) is 10.1 Å². The Labute approximate surface area is 181 Å². The van der Waals surface area contributed by atoms with Gasteiger partial charge in [0.2, 0.25) is 0 Å². The van der Waals surface area contributed by atoms with Crippen molar-refractivity contribution in [1.29, 1.82) is 0 Å². The smallest absolute Gasteiger partial charge is 0.258 e. The fraction of sp³-hybridized carbons (Fsp3) is 0. The van der Waals surface area contributed by atoms with E-state index in [4.69, 9.17) is 16.7 Å². The van der Waals surface area contributed by atoms with E-state index >= 15 is 0 Å². The number of nitro groups is 1. The number of fused-ring (bicyclic) bond motifs is 1. The lowest BCUT2D eigenvalue weighted by Crippen LogP contribution is -1.95. The monoisotopic (exact) mass is 427 g/mol. The normalized spacial score (nSPS) is 11.0. The minimum absolute atomic E-state index is 0.0171. The Bertz CT molecular complexity index is 1420. The molecule has 0 amide bonds. The summed E-state index contributed by atoms with van der Waals surface area (Å²) in [5, 5.41) is 26.1. The lowest BCUT2D eigenvalue weighted by molar-refractivity contribution is -0.384. The molecule has 0 aliphatic heterocycles. The van der Waals surface area contributed by atoms with Crippen molar-refractivity contribution in [3.05, 3.63) is 100 Å². The highest BCUT2D eigenvalue weighted by atomic mass is 35.5. The van der Waals surface area contributed by atoms with Crippen LogP contribution in [-0.2, 0) is 0 Å². The predicted octanol–water partition coefficient (Wildman–Crippen LogP) is 5.71. The number of hydrogen-bond donors (Lipinski definition) is 0. The molecule has 0 radical (unpaired) electrons. The predicted molar refractivity (Wildman–Crippen MR) is 119 cm³/mol. The van der Waals surface area contributed by atoms with Crippen LogP contribution in [0.1, 0.15) is 0 Å². The van der Waals surface area contributed by atoms with Crippen molar-refractivity contribution in [2.24, 2.45) is 0 Å². The fourth-order valence-electron chi connectivity index (χ4n) is 3.42. The van der Waals surface area contributed by atoms with Gasteiger partial charge in [0.05, 0.1) is 16.0 Å². The van der Waals surface area contributed by atoms with Crippen LogP contribution in [0.15, 0.2) is 85.1 Å². The Morgan fingerprint density at radius 2 is 1.55 bits per heavy atom. The SMILES string of the molecule is O=[N+]([O-])c1ccc(-c2nnc(-c3ccccc3)c3nn(-c4cccc(Cl)c4)cc23)cc1. The second-order valence-corrected chi connectivity index (χ2v) is 7.32. The number of non-ortho nitro benzene ring substituents is 1. The molecule has 31 heavy (non-hydrogen) atoms. The summed E-state index contributed by atoms with van der Waals surface area (Å²) in [6, 6.07) is 23.3. The Hall–Kier alpha value is -4.10. The molecular weight excluding hydrogens is 414 g/mol. The van der Waals surface area contributed by atoms with Crippen LogP contribution in [0.25, 0.3) is 39.1 Å². The summed E-state index contributed by atoms with van der Waals surface area (Å²) in [6.45, 7) is 0. The van der Waals surface area contributed by atoms with Gasteiger partial charge in [-0.25, -0.2) is 4.68 Å². The molecule has 0 atom stereocenters. The number of nitrogens with zero attached hydrogens (tertiary/aromatic N) is 5. The average molecular weight is 428 g/mol. The fourth-order valence-corrected chi connectivity index (χ4v) is 3.60. The zero-order chi connectivity index (χ0) is 21.4. The molecule has 5 aromatic rings. The molecule has 0 spiro atoms. The number of rotatable bonds is 4. The van der Waals surface area contributed by atoms with Gasteiger partial charge in [0, 0.05) is 34.5 Å². The van der Waals surface area contributed by atoms with E-state index in [1.54, 1.807) is 22.9 Å². The van der Waals surface area contributed by atoms with Crippen LogP contribution in [0.3, 0.4) is 0 Å². The standard InChI is InChI=1S/C23H14ClN5O2/c24-17-7-4-8-19(13-17)28-14-20-21(16-9-11-18(12-10-16)29(30)31)25-26-22(23(20)27-28)15-5-2-1-3-6-15/h1-14H. The van der Waals surface area contributed by atoms with Crippen molar-refractivity contribution in [1.82, 2.24) is 20.0 Å². The molecule has 2 aromatic heterocycles. The van der Waals surface area contributed by atoms with Gasteiger partial charge in [-0.2, -0.15) is 5.10 Å². The lowest BCUT2D eigenvalue weighted by Gasteiger charge is -2.05. The topological polar surface area (TPSA) is 86.7 Å². The maximum Gasteiger partial charge on any atom is 0.269 e. The molecule has 7 nitrogen and oxygen atoms in total. The third kappa shape index (κ3) is 3.51. The quantitative estimate of drug-likeness (QED) is 0.271. The maximum atomic E-state index is 11.0. The van der Waals surface area contributed by atoms with Gasteiger partial charge in [-0.15, -0.1) is 10.2 Å². The van der Waals surface area contributed by atoms with E-state index in [1.807, 2.05) is 54.7 Å². The van der Waals surface area contributed by atoms with E-state index in [-0.39, 0.29) is 5.69 Å². The molecule has 0 saturated carbocycles. The van der Waals surface area contributed by atoms with Crippen molar-refractivity contribution >= 4 is 28.2 Å². The van der Waals surface area contributed by atoms with Crippen molar-refractivity contribution in [2.75, 3.05) is 0 Å². The number of hydrogen-bond acceptors (Lipinski definition) is 5. The Balaban J connectivity index is 1.74. The van der Waals surface area contributed by atoms with Crippen molar-refractivity contribution in [3.63, 3.8) is 0 Å². The molecule has 0 bridgehead atoms. The number of halogens is 1. The van der Waals surface area contributed by atoms with Crippen molar-refractivity contribution < 1.29 is 4.92 Å². The van der Waals surface area contributed by atoms with Gasteiger partial charge in [0.15, 0.2) is 0 Å². The summed E-state index contributed by atoms with van der Waals surface area (Å²) in [7, 11) is 0. The summed E-state index contributed by atoms with van der Waals surface area (Å²) in [4.78, 5) is 10.6. The van der Waals surface area contributed by atoms with E-state index < -0.39 is 4.92 Å². The van der Waals surface area contributed by atoms with Gasteiger partial charge in [0.25, 0.3) is 5.69 Å². The Morgan fingerprint density at radius 3 is 2.26 bits per heavy atom. The van der Waals surface area contributed by atoms with Crippen LogP contribution in [0.5, 0.6) is 0 Å². The molecule has 5 rings (SSSR count). The minimum atomic E-state index is -0.430. The average Bonchev–Trinajstić information content (AvgIpc) is 3.25. The number of nitro benzene ring substituents is 1. The number of benzene rings is 3. The van der Waals surface area contributed by atoms with Gasteiger partial charge < -0.3 is 0 Å². The van der Waals surface area contributed by atoms with Gasteiger partial charge in [-0.05, 0) is 30.3 Å². The Morgan fingerprint density at radius 1 is 0.839 bits per heavy atom. The first-order chi connectivity index (χ1) is 15.1. The molecule has 2 heterocycles. The van der Waals surface area contributed by atoms with E-state index in [2.05, 4.69) is 10.2 Å². The third-order valence-corrected chi connectivity index (χ3v) is 5.15. The molecular formula is C23H14ClN5O2. The van der Waals surface area contributed by atoms with Gasteiger partial charge in [-0.3, -0.25) is 10.1 Å². The molecule has 0 aliphatic rings. The lowest BCUT2D eigenvalue weighted by atomic mass is 10.1. The summed E-state index contributed by atoms with van der Waals surface area (Å²) in [6.07, 6.45) is 1.87. The first-order valence-electron chi connectivity index (χ1n) is 9.42. The number of aromatic nitrogens is 4. The van der Waals surface area contributed by atoms with Gasteiger partial charge in [0.1, 0.15) is 16.9 Å². The molecule has 3 aromatic carbocycles. The van der Waals surface area contributed by atoms with E-state index in [0.717, 1.165) is 16.6 Å². The molecule has 0 saturated heterocycles. The largest absolute Gasteiger partial charge is 0.269 e. The second-order valence-electron chi connectivity index (χ2n) is 6.88. The first kappa shape index (κ1) is 18.9. The van der Waals surface area contributed by atoms with E-state index in [1.165, 1.54) is 12.1 Å². The molecule has 0 unspecified atom stereocenters. The highest BCUT2D eigenvalue weighted by Crippen LogP contribution is 2.33. The van der Waals surface area contributed by atoms with Gasteiger partial charge >= 0.3 is 0 Å². The van der Waals surface area contributed by atoms with Crippen molar-refractivity contribution in [3.8, 4) is 28.2 Å². The van der Waals surface area contributed by atoms with Crippen LogP contribution in [0.4, 0.5) is 5.69 Å². The molecule has 150 valence electrons. The zero-order valence-corrected chi connectivity index (χ0v) is 16.8. The maximum absolute atomic E-state index is 11.0. The highest BCUT2D eigenvalue weighted by Gasteiger charge is 2.18. The van der Waals surface area contributed by atoms with E-state index in [0.29, 0.717) is 27.5 Å². The summed E-state index contributed by atoms with van der Waals surface area (Å²) >= 11 is 6.17. The molecule has 8 heteroatoms. The first-order valence-corrected chi connectivity index (χ1v) is 9.80. The van der Waals surface area contributed by atoms with Crippen LogP contribution >= 0.6 is 11.6 Å². The summed E-state index contributed by atoms with van der Waals surface area (Å²) < 4.78 is 1.74. The highest BCUT2D eigenvalue weighted by molar-refractivity contribution is 6.30. The molecule has 0 N–H and O–H groups in total. The van der Waals surface area contributed by atoms with Crippen LogP contribution in [0, 0.1) is 10.1 Å². The van der Waals surface area contributed by atoms with Gasteiger partial charge in [-0.1, -0.05) is 48.0 Å². The zero-order valence-electron chi connectivity index (χ0n) is 16.0. The summed E-state index contributed by atoms with van der Waals surface area (Å²) in [5.41, 5.74) is 4.36. The third-order valence-electron chi connectivity index (χ3n) is 4.92. The molecule has 0 aliphatic carbocycles. The van der Waals surface area contributed by atoms with Crippen LogP contribution in [0.2, 0.25) is 5.02 Å². The second kappa shape index (κ2) is 7.62. The van der Waals surface area contributed by atoms with Crippen LogP contribution < -0.4 is 0 Å². The van der Waals surface area contributed by atoms with Crippen molar-refractivity contribution in [2.45, 2.75) is 0 Å². The Kier molecular flexibility index (Phi) is 4.65.